The van der Waals surface area contributed by atoms with Crippen LogP contribution in [-0.2, 0) is 0 Å². The number of H-pyrrole nitrogens is 1. The van der Waals surface area contributed by atoms with E-state index in [0.29, 0.717) is 47.5 Å². The Labute approximate surface area is 285 Å². The van der Waals surface area contributed by atoms with Crippen LogP contribution in [0.15, 0.2) is 77.6 Å². The normalized spacial score (nSPS) is 19.8. The number of aliphatic hydroxyl groups excluding tert-OH is 1. The van der Waals surface area contributed by atoms with E-state index in [0.717, 1.165) is 63.7 Å². The molecule has 1 unspecified atom stereocenters. The molecule has 1 aromatic heterocycles. The van der Waals surface area contributed by atoms with Gasteiger partial charge in [0.1, 0.15) is 17.3 Å². The number of aliphatic hydroxyl groups is 1. The number of carbonyl (C=O) groups is 1. The van der Waals surface area contributed by atoms with Gasteiger partial charge in [-0.1, -0.05) is 43.2 Å². The lowest BCUT2D eigenvalue weighted by Crippen LogP contribution is -2.59. The third-order valence-corrected chi connectivity index (χ3v) is 9.94. The van der Waals surface area contributed by atoms with Gasteiger partial charge in [0, 0.05) is 24.5 Å². The molecule has 2 bridgehead atoms. The van der Waals surface area contributed by atoms with Gasteiger partial charge in [0.15, 0.2) is 0 Å². The number of ether oxygens (including phenoxy) is 1. The van der Waals surface area contributed by atoms with Crippen LogP contribution in [0.3, 0.4) is 0 Å². The van der Waals surface area contributed by atoms with E-state index in [1.54, 1.807) is 29.2 Å². The summed E-state index contributed by atoms with van der Waals surface area (Å²) in [6, 6.07) is 19.1. The molecule has 4 aromatic rings. The zero-order chi connectivity index (χ0) is 34.3. The Morgan fingerprint density at radius 1 is 1.00 bits per heavy atom. The topological polar surface area (TPSA) is 138 Å². The highest BCUT2D eigenvalue weighted by Gasteiger charge is 2.43. The van der Waals surface area contributed by atoms with Crippen LogP contribution in [0.1, 0.15) is 67.4 Å². The number of unbranched alkanes of at least 4 members (excludes halogenated alkanes) is 3. The van der Waals surface area contributed by atoms with Gasteiger partial charge in [0.05, 0.1) is 30.3 Å². The number of fused-ring (bicyclic) bond motifs is 4. The summed E-state index contributed by atoms with van der Waals surface area (Å²) in [4.78, 5) is 31.0. The second-order valence-corrected chi connectivity index (χ2v) is 13.2. The molecule has 3 aromatic carbocycles. The van der Waals surface area contributed by atoms with E-state index in [4.69, 9.17) is 4.74 Å². The fourth-order valence-corrected chi connectivity index (χ4v) is 7.45. The number of benzene rings is 3. The highest BCUT2D eigenvalue weighted by Crippen LogP contribution is 2.39. The van der Waals surface area contributed by atoms with Crippen LogP contribution in [0.4, 0.5) is 9.18 Å². The number of aromatic amines is 1. The summed E-state index contributed by atoms with van der Waals surface area (Å²) in [7, 11) is 0. The average molecular weight is 673 g/mol. The van der Waals surface area contributed by atoms with E-state index in [1.807, 2.05) is 24.3 Å². The molecule has 0 radical (unpaired) electrons. The van der Waals surface area contributed by atoms with Gasteiger partial charge in [0.2, 0.25) is 5.56 Å². The molecular formula is C38H45FN4O6. The van der Waals surface area contributed by atoms with Crippen molar-refractivity contribution in [1.82, 2.24) is 20.1 Å². The molecule has 260 valence electrons. The third-order valence-electron chi connectivity index (χ3n) is 9.94. The maximum atomic E-state index is 14.5. The molecule has 11 heteroatoms. The maximum Gasteiger partial charge on any atom is 0.408 e. The second kappa shape index (κ2) is 15.8. The highest BCUT2D eigenvalue weighted by molar-refractivity contribution is 5.87. The van der Waals surface area contributed by atoms with E-state index in [-0.39, 0.29) is 23.3 Å². The minimum Gasteiger partial charge on any atom is -0.506 e. The van der Waals surface area contributed by atoms with Crippen molar-refractivity contribution in [2.75, 3.05) is 39.3 Å². The number of halogens is 1. The number of pyridine rings is 1. The standard InChI is InChI=1S/C38H45FN4O6/c39-28-9-5-7-26(21-28)37(43(38(47)48)32-24-42-18-15-25(32)16-19-42)27-8-6-10-29(22-27)49-20-4-2-1-3-17-40-23-34(45)30-11-13-33(44)36-31(30)12-14-35(46)41-36/h5-14,21-22,25,32,34,37,40,44-45H,1-4,15-20,23-24H2,(H,41,46)(H,47,48)/t32-,34-,37?/m0/s1. The smallest absolute Gasteiger partial charge is 0.408 e. The number of phenols is 1. The molecule has 5 N–H and O–H groups in total. The van der Waals surface area contributed by atoms with Crippen molar-refractivity contribution in [3.63, 3.8) is 0 Å². The molecule has 4 heterocycles. The van der Waals surface area contributed by atoms with Gasteiger partial charge in [-0.25, -0.2) is 9.18 Å². The van der Waals surface area contributed by atoms with E-state index in [2.05, 4.69) is 15.2 Å². The van der Waals surface area contributed by atoms with Gasteiger partial charge in [-0.15, -0.1) is 0 Å². The fourth-order valence-electron chi connectivity index (χ4n) is 7.45. The number of aromatic hydroxyl groups is 1. The van der Waals surface area contributed by atoms with E-state index in [9.17, 15) is 29.3 Å². The summed E-state index contributed by atoms with van der Waals surface area (Å²) < 4.78 is 20.6. The van der Waals surface area contributed by atoms with Crippen LogP contribution in [0.25, 0.3) is 10.9 Å². The number of hydrogen-bond acceptors (Lipinski definition) is 7. The Morgan fingerprint density at radius 3 is 2.49 bits per heavy atom. The van der Waals surface area contributed by atoms with Crippen LogP contribution < -0.4 is 15.6 Å². The van der Waals surface area contributed by atoms with Crippen LogP contribution in [0.5, 0.6) is 11.5 Å². The van der Waals surface area contributed by atoms with Gasteiger partial charge >= 0.3 is 6.09 Å². The van der Waals surface area contributed by atoms with E-state index in [1.165, 1.54) is 24.3 Å². The number of phenolic OH excluding ortho intramolecular Hbond substituents is 1. The summed E-state index contributed by atoms with van der Waals surface area (Å²) in [6.07, 6.45) is 3.83. The van der Waals surface area contributed by atoms with Crippen LogP contribution >= 0.6 is 0 Å². The van der Waals surface area contributed by atoms with Crippen molar-refractivity contribution in [3.8, 4) is 11.5 Å². The van der Waals surface area contributed by atoms with E-state index < -0.39 is 24.1 Å². The van der Waals surface area contributed by atoms with Gasteiger partial charge < -0.3 is 35.3 Å². The first-order chi connectivity index (χ1) is 23.8. The number of nitrogens with zero attached hydrogens (tertiary/aromatic N) is 2. The maximum absolute atomic E-state index is 14.5. The lowest BCUT2D eigenvalue weighted by Gasteiger charge is -2.50. The van der Waals surface area contributed by atoms with Gasteiger partial charge in [-0.3, -0.25) is 9.69 Å². The van der Waals surface area contributed by atoms with Crippen molar-refractivity contribution in [3.05, 3.63) is 106 Å². The second-order valence-electron chi connectivity index (χ2n) is 13.2. The lowest BCUT2D eigenvalue weighted by atomic mass is 9.81. The predicted octanol–water partition coefficient (Wildman–Crippen LogP) is 5.80. The highest BCUT2D eigenvalue weighted by atomic mass is 19.1. The van der Waals surface area contributed by atoms with Gasteiger partial charge in [0.25, 0.3) is 0 Å². The van der Waals surface area contributed by atoms with Crippen LogP contribution in [0.2, 0.25) is 0 Å². The summed E-state index contributed by atoms with van der Waals surface area (Å²) in [5, 5.41) is 35.3. The first-order valence-corrected chi connectivity index (χ1v) is 17.2. The molecule has 0 aliphatic carbocycles. The van der Waals surface area contributed by atoms with Crippen LogP contribution in [-0.4, -0.2) is 81.6 Å². The van der Waals surface area contributed by atoms with Crippen molar-refractivity contribution in [1.29, 1.82) is 0 Å². The molecule has 0 saturated carbocycles. The monoisotopic (exact) mass is 672 g/mol. The molecule has 3 fully saturated rings. The summed E-state index contributed by atoms with van der Waals surface area (Å²) in [5.41, 5.74) is 1.99. The number of piperidine rings is 3. The Balaban J connectivity index is 0.995. The Morgan fingerprint density at radius 2 is 1.76 bits per heavy atom. The zero-order valence-corrected chi connectivity index (χ0v) is 27.6. The van der Waals surface area contributed by atoms with Gasteiger partial charge in [-0.05, 0) is 104 Å². The molecule has 3 aliphatic rings. The van der Waals surface area contributed by atoms with Crippen LogP contribution in [0, 0.1) is 11.7 Å². The fraction of sp³-hybridized carbons (Fsp3) is 0.421. The number of carboxylic acid groups (broad SMARTS) is 1. The molecule has 1 amide bonds. The third kappa shape index (κ3) is 8.24. The Hall–Kier alpha value is -4.45. The summed E-state index contributed by atoms with van der Waals surface area (Å²) >= 11 is 0. The minimum atomic E-state index is -1.00. The zero-order valence-electron chi connectivity index (χ0n) is 27.6. The molecule has 3 saturated heterocycles. The first kappa shape index (κ1) is 34.4. The predicted molar refractivity (Wildman–Crippen MR) is 186 cm³/mol. The van der Waals surface area contributed by atoms with Crippen molar-refractivity contribution in [2.24, 2.45) is 5.92 Å². The SMILES string of the molecule is O=C(O)N(C(c1cccc(F)c1)c1cccc(OCCCCCCNC[C@H](O)c2ccc(O)c3[nH]c(=O)ccc23)c1)[C@H]1CN2CCC1CC2. The Kier molecular flexibility index (Phi) is 11.1. The minimum absolute atomic E-state index is 0.0362. The molecule has 7 rings (SSSR count). The summed E-state index contributed by atoms with van der Waals surface area (Å²) in [6.45, 7) is 4.26. The molecular weight excluding hydrogens is 627 g/mol. The quantitative estimate of drug-likeness (QED) is 0.100. The van der Waals surface area contributed by atoms with Crippen molar-refractivity contribution < 1.29 is 29.2 Å². The number of nitrogens with one attached hydrogen (secondary N) is 2. The largest absolute Gasteiger partial charge is 0.506 e. The summed E-state index contributed by atoms with van der Waals surface area (Å²) in [5.74, 6) is 0.500. The van der Waals surface area contributed by atoms with Crippen molar-refractivity contribution >= 4 is 17.0 Å². The van der Waals surface area contributed by atoms with Crippen molar-refractivity contribution in [2.45, 2.75) is 56.7 Å². The lowest BCUT2D eigenvalue weighted by molar-refractivity contribution is -0.000849. The molecule has 3 atom stereocenters. The molecule has 10 nitrogen and oxygen atoms in total. The molecule has 3 aliphatic heterocycles. The van der Waals surface area contributed by atoms with E-state index >= 15 is 0 Å². The average Bonchev–Trinajstić information content (AvgIpc) is 3.10. The first-order valence-electron chi connectivity index (χ1n) is 17.2. The number of rotatable bonds is 15. The number of aromatic nitrogens is 1. The molecule has 0 spiro atoms. The molecule has 49 heavy (non-hydrogen) atoms. The Bertz CT molecular complexity index is 1790. The number of hydrogen-bond donors (Lipinski definition) is 5. The van der Waals surface area contributed by atoms with Gasteiger partial charge in [-0.2, -0.15) is 0 Å². The number of amides is 1.